The summed E-state index contributed by atoms with van der Waals surface area (Å²) in [5.74, 6) is -2.85. The van der Waals surface area contributed by atoms with Crippen molar-refractivity contribution in [2.45, 2.75) is 14.4 Å². The Labute approximate surface area is 123 Å². The van der Waals surface area contributed by atoms with E-state index in [9.17, 15) is 19.2 Å². The predicted molar refractivity (Wildman–Crippen MR) is 75.4 cm³/mol. The molecule has 0 aliphatic carbocycles. The normalized spacial score (nSPS) is 8.76. The SMILES string of the molecule is C.CC(=O)NCN.CNC(=O)CN(CC(=O)O)CC(=O)O. The molecule has 0 aromatic rings. The largest absolute Gasteiger partial charge is 0.480 e. The lowest BCUT2D eigenvalue weighted by Gasteiger charge is -2.16. The zero-order chi connectivity index (χ0) is 16.1. The molecule has 0 fully saturated rings. The third-order valence-corrected chi connectivity index (χ3v) is 1.71. The molecule has 6 N–H and O–H groups in total. The number of nitrogens with one attached hydrogen (secondary N) is 2. The van der Waals surface area contributed by atoms with Gasteiger partial charge >= 0.3 is 11.9 Å². The Morgan fingerprint density at radius 3 is 1.67 bits per heavy atom. The second-order valence-electron chi connectivity index (χ2n) is 3.54. The van der Waals surface area contributed by atoms with E-state index in [0.29, 0.717) is 0 Å². The Morgan fingerprint density at radius 2 is 1.48 bits per heavy atom. The number of hydrogen-bond acceptors (Lipinski definition) is 6. The van der Waals surface area contributed by atoms with Crippen LogP contribution >= 0.6 is 0 Å². The first-order valence-electron chi connectivity index (χ1n) is 5.53. The number of aliphatic carboxylic acids is 2. The zero-order valence-corrected chi connectivity index (χ0v) is 11.4. The summed E-state index contributed by atoms with van der Waals surface area (Å²) in [7, 11) is 1.39. The van der Waals surface area contributed by atoms with Gasteiger partial charge in [-0.15, -0.1) is 0 Å². The minimum absolute atomic E-state index is 0. The Hall–Kier alpha value is -2.20. The van der Waals surface area contributed by atoms with Gasteiger partial charge in [0.15, 0.2) is 0 Å². The lowest BCUT2D eigenvalue weighted by Crippen LogP contribution is -2.41. The highest BCUT2D eigenvalue weighted by Gasteiger charge is 2.15. The van der Waals surface area contributed by atoms with Crippen LogP contribution < -0.4 is 16.4 Å². The fourth-order valence-corrected chi connectivity index (χ4v) is 0.976. The number of amides is 2. The van der Waals surface area contributed by atoms with Crippen molar-refractivity contribution < 1.29 is 29.4 Å². The highest BCUT2D eigenvalue weighted by atomic mass is 16.4. The number of likely N-dealkylation sites (N-methyl/N-ethyl adjacent to an activating group) is 1. The molecule has 0 bridgehead atoms. The Morgan fingerprint density at radius 1 is 1.05 bits per heavy atom. The number of carboxylic acids is 2. The molecule has 0 aliphatic heterocycles. The summed E-state index contributed by atoms with van der Waals surface area (Å²) >= 11 is 0. The van der Waals surface area contributed by atoms with Crippen LogP contribution in [-0.4, -0.2) is 72.2 Å². The molecule has 0 spiro atoms. The van der Waals surface area contributed by atoms with Crippen molar-refractivity contribution in [3.05, 3.63) is 0 Å². The van der Waals surface area contributed by atoms with E-state index in [0.717, 1.165) is 4.90 Å². The van der Waals surface area contributed by atoms with Crippen LogP contribution in [0.3, 0.4) is 0 Å². The number of carboxylic acid groups (broad SMARTS) is 2. The smallest absolute Gasteiger partial charge is 0.317 e. The van der Waals surface area contributed by atoms with Gasteiger partial charge in [-0.2, -0.15) is 0 Å². The molecule has 10 heteroatoms. The van der Waals surface area contributed by atoms with E-state index in [1.807, 2.05) is 0 Å². The maximum absolute atomic E-state index is 10.8. The average Bonchev–Trinajstić information content (AvgIpc) is 2.27. The maximum atomic E-state index is 10.8. The third-order valence-electron chi connectivity index (χ3n) is 1.71. The minimum atomic E-state index is -1.17. The molecule has 0 aliphatic rings. The molecule has 0 heterocycles. The summed E-state index contributed by atoms with van der Waals surface area (Å²) in [4.78, 5) is 42.3. The van der Waals surface area contributed by atoms with Gasteiger partial charge in [0.25, 0.3) is 0 Å². The fraction of sp³-hybridized carbons (Fsp3) is 0.636. The van der Waals surface area contributed by atoms with Gasteiger partial charge in [-0.3, -0.25) is 24.1 Å². The van der Waals surface area contributed by atoms with Crippen LogP contribution in [0.4, 0.5) is 0 Å². The van der Waals surface area contributed by atoms with Gasteiger partial charge in [0.05, 0.1) is 26.3 Å². The molecule has 0 rings (SSSR count). The van der Waals surface area contributed by atoms with Crippen molar-refractivity contribution in [3.8, 4) is 0 Å². The summed E-state index contributed by atoms with van der Waals surface area (Å²) in [6, 6.07) is 0. The Balaban J connectivity index is -0.000000394. The standard InChI is InChI=1S/C7H12N2O5.C3H8N2O.CH4/c1-8-5(10)2-9(3-6(11)12)4-7(13)14;1-3(6)5-2-4;/h2-4H2,1H3,(H,8,10)(H,11,12)(H,13,14);2,4H2,1H3,(H,5,6);1H4. The molecular weight excluding hydrogens is 284 g/mol. The Kier molecular flexibility index (Phi) is 16.2. The second kappa shape index (κ2) is 14.2. The molecule has 2 amide bonds. The van der Waals surface area contributed by atoms with E-state index in [1.54, 1.807) is 0 Å². The first-order chi connectivity index (χ1) is 9.22. The number of nitrogens with two attached hydrogens (primary N) is 1. The van der Waals surface area contributed by atoms with Crippen LogP contribution in [0.1, 0.15) is 14.4 Å². The molecule has 0 aromatic carbocycles. The molecule has 0 atom stereocenters. The van der Waals surface area contributed by atoms with E-state index in [4.69, 9.17) is 15.9 Å². The number of carbonyl (C=O) groups excluding carboxylic acids is 2. The third kappa shape index (κ3) is 20.3. The molecule has 0 radical (unpaired) electrons. The monoisotopic (exact) mass is 308 g/mol. The van der Waals surface area contributed by atoms with Crippen LogP contribution in [0.5, 0.6) is 0 Å². The summed E-state index contributed by atoms with van der Waals surface area (Å²) in [5.41, 5.74) is 4.90. The minimum Gasteiger partial charge on any atom is -0.480 e. The Bertz CT molecular complexity index is 332. The fourth-order valence-electron chi connectivity index (χ4n) is 0.976. The number of carbonyl (C=O) groups is 4. The van der Waals surface area contributed by atoms with Gasteiger partial charge in [-0.25, -0.2) is 0 Å². The number of hydrogen-bond donors (Lipinski definition) is 5. The van der Waals surface area contributed by atoms with Crippen molar-refractivity contribution in [3.63, 3.8) is 0 Å². The van der Waals surface area contributed by atoms with Crippen molar-refractivity contribution in [1.29, 1.82) is 0 Å². The van der Waals surface area contributed by atoms with E-state index in [2.05, 4.69) is 10.6 Å². The molecule has 0 unspecified atom stereocenters. The van der Waals surface area contributed by atoms with Crippen LogP contribution in [-0.2, 0) is 19.2 Å². The molecule has 0 saturated heterocycles. The number of rotatable bonds is 7. The van der Waals surface area contributed by atoms with Crippen LogP contribution in [0.2, 0.25) is 0 Å². The molecule has 0 saturated carbocycles. The van der Waals surface area contributed by atoms with Gasteiger partial charge in [0.1, 0.15) is 0 Å². The molecule has 10 nitrogen and oxygen atoms in total. The van der Waals surface area contributed by atoms with Crippen molar-refractivity contribution in [2.24, 2.45) is 5.73 Å². The molecule has 21 heavy (non-hydrogen) atoms. The summed E-state index contributed by atoms with van der Waals surface area (Å²) in [6.07, 6.45) is 0. The second-order valence-corrected chi connectivity index (χ2v) is 3.54. The van der Waals surface area contributed by atoms with Crippen LogP contribution in [0.25, 0.3) is 0 Å². The highest BCUT2D eigenvalue weighted by molar-refractivity contribution is 5.80. The predicted octanol–water partition coefficient (Wildman–Crippen LogP) is -2.12. The van der Waals surface area contributed by atoms with Gasteiger partial charge in [0.2, 0.25) is 11.8 Å². The van der Waals surface area contributed by atoms with Gasteiger partial charge in [-0.1, -0.05) is 7.43 Å². The zero-order valence-electron chi connectivity index (χ0n) is 11.4. The van der Waals surface area contributed by atoms with E-state index >= 15 is 0 Å². The molecule has 124 valence electrons. The van der Waals surface area contributed by atoms with Gasteiger partial charge in [-0.05, 0) is 0 Å². The van der Waals surface area contributed by atoms with Gasteiger partial charge < -0.3 is 26.6 Å². The quantitative estimate of drug-likeness (QED) is 0.333. The van der Waals surface area contributed by atoms with Crippen LogP contribution in [0.15, 0.2) is 0 Å². The van der Waals surface area contributed by atoms with Crippen molar-refractivity contribution >= 4 is 23.8 Å². The highest BCUT2D eigenvalue weighted by Crippen LogP contribution is 1.87. The molecule has 0 aromatic heterocycles. The lowest BCUT2D eigenvalue weighted by atomic mass is 10.4. The van der Waals surface area contributed by atoms with Crippen LogP contribution in [0, 0.1) is 0 Å². The topological polar surface area (TPSA) is 162 Å². The number of nitrogens with zero attached hydrogens (tertiary/aromatic N) is 1. The van der Waals surface area contributed by atoms with Crippen molar-refractivity contribution in [2.75, 3.05) is 33.4 Å². The maximum Gasteiger partial charge on any atom is 0.317 e. The summed E-state index contributed by atoms with van der Waals surface area (Å²) in [6.45, 7) is 0.469. The lowest BCUT2D eigenvalue weighted by molar-refractivity contribution is -0.142. The van der Waals surface area contributed by atoms with E-state index in [1.165, 1.54) is 14.0 Å². The summed E-state index contributed by atoms with van der Waals surface area (Å²) in [5, 5.41) is 21.5. The first kappa shape index (κ1) is 23.9. The summed E-state index contributed by atoms with van der Waals surface area (Å²) < 4.78 is 0. The van der Waals surface area contributed by atoms with Gasteiger partial charge in [0, 0.05) is 14.0 Å². The van der Waals surface area contributed by atoms with E-state index in [-0.39, 0.29) is 26.5 Å². The van der Waals surface area contributed by atoms with Crippen molar-refractivity contribution in [1.82, 2.24) is 15.5 Å². The first-order valence-corrected chi connectivity index (χ1v) is 5.53. The molecular formula is C11H24N4O6. The average molecular weight is 308 g/mol. The van der Waals surface area contributed by atoms with E-state index < -0.39 is 30.9 Å².